The fraction of sp³-hybridized carbons (Fsp3) is 0.417. The quantitative estimate of drug-likeness (QED) is 0.816. The van der Waals surface area contributed by atoms with Crippen molar-refractivity contribution in [2.24, 2.45) is 0 Å². The first-order valence-electron chi connectivity index (χ1n) is 6.01. The number of anilines is 1. The number of nitrogens with zero attached hydrogens (tertiary/aromatic N) is 4. The van der Waals surface area contributed by atoms with Gasteiger partial charge in [-0.15, -0.1) is 11.6 Å². The van der Waals surface area contributed by atoms with Crippen LogP contribution in [0.4, 0.5) is 5.95 Å². The van der Waals surface area contributed by atoms with E-state index in [0.29, 0.717) is 11.8 Å². The molecule has 0 aliphatic rings. The Labute approximate surface area is 111 Å². The molecule has 0 amide bonds. The van der Waals surface area contributed by atoms with Gasteiger partial charge < -0.3 is 5.32 Å². The Morgan fingerprint density at radius 1 is 1.33 bits per heavy atom. The zero-order chi connectivity index (χ0) is 12.8. The molecule has 2 aromatic rings. The lowest BCUT2D eigenvalue weighted by molar-refractivity contribution is 0.662. The summed E-state index contributed by atoms with van der Waals surface area (Å²) in [4.78, 5) is 0. The molecule has 0 saturated heterocycles. The first kappa shape index (κ1) is 12.8. The Morgan fingerprint density at radius 2 is 2.11 bits per heavy atom. The van der Waals surface area contributed by atoms with Crippen molar-refractivity contribution in [3.8, 4) is 5.69 Å². The van der Waals surface area contributed by atoms with Gasteiger partial charge in [-0.05, 0) is 35.4 Å². The molecular weight excluding hydrogens is 250 g/mol. The molecule has 1 aromatic heterocycles. The number of hydrogen-bond donors (Lipinski definition) is 1. The summed E-state index contributed by atoms with van der Waals surface area (Å²) in [6.07, 6.45) is 1.87. The van der Waals surface area contributed by atoms with Crippen LogP contribution in [0.15, 0.2) is 30.3 Å². The number of alkyl halides is 1. The molecule has 1 N–H and O–H groups in total. The smallest absolute Gasteiger partial charge is 0.247 e. The second kappa shape index (κ2) is 6.35. The molecule has 2 rings (SSSR count). The van der Waals surface area contributed by atoms with Crippen LogP contribution in [0.5, 0.6) is 0 Å². The summed E-state index contributed by atoms with van der Waals surface area (Å²) in [6, 6.07) is 10.1. The normalized spacial score (nSPS) is 12.3. The molecule has 0 spiro atoms. The highest BCUT2D eigenvalue weighted by Crippen LogP contribution is 2.13. The van der Waals surface area contributed by atoms with E-state index in [-0.39, 0.29) is 6.04 Å². The van der Waals surface area contributed by atoms with Gasteiger partial charge in [0.05, 0.1) is 5.69 Å². The summed E-state index contributed by atoms with van der Waals surface area (Å²) >= 11 is 5.77. The van der Waals surface area contributed by atoms with Crippen LogP contribution in [0.3, 0.4) is 0 Å². The van der Waals surface area contributed by atoms with Crippen molar-refractivity contribution in [1.29, 1.82) is 0 Å². The molecule has 96 valence electrons. The molecule has 0 radical (unpaired) electrons. The molecule has 18 heavy (non-hydrogen) atoms. The van der Waals surface area contributed by atoms with Crippen molar-refractivity contribution in [1.82, 2.24) is 20.2 Å². The average Bonchev–Trinajstić information content (AvgIpc) is 2.87. The van der Waals surface area contributed by atoms with E-state index >= 15 is 0 Å². The SMILES string of the molecule is CCC(CCCl)Nc1nnnn1-c1ccccc1. The Kier molecular flexibility index (Phi) is 4.52. The van der Waals surface area contributed by atoms with Gasteiger partial charge in [0.2, 0.25) is 5.95 Å². The zero-order valence-corrected chi connectivity index (χ0v) is 11.0. The number of benzene rings is 1. The van der Waals surface area contributed by atoms with Crippen LogP contribution < -0.4 is 5.32 Å². The topological polar surface area (TPSA) is 55.6 Å². The third-order valence-corrected chi connectivity index (χ3v) is 2.97. The van der Waals surface area contributed by atoms with E-state index in [1.54, 1.807) is 4.68 Å². The standard InChI is InChI=1S/C12H16ClN5/c1-2-10(8-9-13)14-12-15-16-17-18(12)11-6-4-3-5-7-11/h3-7,10H,2,8-9H2,1H3,(H,14,15,17). The van der Waals surface area contributed by atoms with Gasteiger partial charge in [0.15, 0.2) is 0 Å². The van der Waals surface area contributed by atoms with Crippen LogP contribution in [-0.4, -0.2) is 32.1 Å². The maximum Gasteiger partial charge on any atom is 0.247 e. The number of hydrogen-bond acceptors (Lipinski definition) is 4. The maximum atomic E-state index is 5.77. The van der Waals surface area contributed by atoms with Crippen LogP contribution in [0, 0.1) is 0 Å². The Morgan fingerprint density at radius 3 is 2.78 bits per heavy atom. The second-order valence-corrected chi connectivity index (χ2v) is 4.35. The highest BCUT2D eigenvalue weighted by Gasteiger charge is 2.12. The summed E-state index contributed by atoms with van der Waals surface area (Å²) in [5.74, 6) is 1.27. The van der Waals surface area contributed by atoms with E-state index in [4.69, 9.17) is 11.6 Å². The Balaban J connectivity index is 2.18. The van der Waals surface area contributed by atoms with Crippen LogP contribution in [-0.2, 0) is 0 Å². The van der Waals surface area contributed by atoms with Crippen molar-refractivity contribution < 1.29 is 0 Å². The second-order valence-electron chi connectivity index (χ2n) is 3.98. The molecule has 5 nitrogen and oxygen atoms in total. The fourth-order valence-electron chi connectivity index (χ4n) is 1.71. The van der Waals surface area contributed by atoms with Gasteiger partial charge in [0.1, 0.15) is 0 Å². The minimum absolute atomic E-state index is 0.288. The summed E-state index contributed by atoms with van der Waals surface area (Å²) in [7, 11) is 0. The van der Waals surface area contributed by atoms with Crippen molar-refractivity contribution in [3.05, 3.63) is 30.3 Å². The lowest BCUT2D eigenvalue weighted by Crippen LogP contribution is -2.21. The van der Waals surface area contributed by atoms with Crippen LogP contribution >= 0.6 is 11.6 Å². The maximum absolute atomic E-state index is 5.77. The number of tetrazole rings is 1. The summed E-state index contributed by atoms with van der Waals surface area (Å²) < 4.78 is 1.69. The minimum atomic E-state index is 0.288. The monoisotopic (exact) mass is 265 g/mol. The van der Waals surface area contributed by atoms with Crippen LogP contribution in [0.2, 0.25) is 0 Å². The van der Waals surface area contributed by atoms with Gasteiger partial charge in [-0.25, -0.2) is 0 Å². The Hall–Kier alpha value is -1.62. The van der Waals surface area contributed by atoms with Crippen molar-refractivity contribution >= 4 is 17.5 Å². The number of aromatic nitrogens is 4. The van der Waals surface area contributed by atoms with Gasteiger partial charge in [-0.3, -0.25) is 0 Å². The van der Waals surface area contributed by atoms with E-state index in [1.807, 2.05) is 30.3 Å². The predicted molar refractivity (Wildman–Crippen MR) is 72.2 cm³/mol. The number of nitrogens with one attached hydrogen (secondary N) is 1. The fourth-order valence-corrected chi connectivity index (χ4v) is 1.98. The molecule has 6 heteroatoms. The molecule has 0 aliphatic carbocycles. The highest BCUT2D eigenvalue weighted by atomic mass is 35.5. The molecule has 0 saturated carbocycles. The molecule has 1 aromatic carbocycles. The number of rotatable bonds is 6. The number of halogens is 1. The van der Waals surface area contributed by atoms with E-state index in [9.17, 15) is 0 Å². The zero-order valence-electron chi connectivity index (χ0n) is 10.3. The van der Waals surface area contributed by atoms with Gasteiger partial charge in [-0.2, -0.15) is 4.68 Å². The highest BCUT2D eigenvalue weighted by molar-refractivity contribution is 6.17. The van der Waals surface area contributed by atoms with E-state index in [2.05, 4.69) is 27.8 Å². The molecule has 0 fully saturated rings. The summed E-state index contributed by atoms with van der Waals surface area (Å²) in [6.45, 7) is 2.11. The molecular formula is C12H16ClN5. The summed E-state index contributed by atoms with van der Waals surface area (Å²) in [5.41, 5.74) is 0.936. The molecule has 1 unspecified atom stereocenters. The van der Waals surface area contributed by atoms with Crippen molar-refractivity contribution in [2.75, 3.05) is 11.2 Å². The molecule has 1 heterocycles. The minimum Gasteiger partial charge on any atom is -0.350 e. The van der Waals surface area contributed by atoms with Crippen molar-refractivity contribution in [3.63, 3.8) is 0 Å². The van der Waals surface area contributed by atoms with E-state index < -0.39 is 0 Å². The number of para-hydroxylation sites is 1. The average molecular weight is 266 g/mol. The molecule has 0 bridgehead atoms. The third kappa shape index (κ3) is 2.98. The van der Waals surface area contributed by atoms with Gasteiger partial charge in [0.25, 0.3) is 0 Å². The van der Waals surface area contributed by atoms with Crippen LogP contribution in [0.1, 0.15) is 19.8 Å². The molecule has 1 atom stereocenters. The van der Waals surface area contributed by atoms with E-state index in [0.717, 1.165) is 18.5 Å². The first-order chi connectivity index (χ1) is 8.85. The Bertz CT molecular complexity index is 470. The van der Waals surface area contributed by atoms with Gasteiger partial charge >= 0.3 is 0 Å². The lowest BCUT2D eigenvalue weighted by atomic mass is 10.2. The molecule has 0 aliphatic heterocycles. The van der Waals surface area contributed by atoms with Crippen molar-refractivity contribution in [2.45, 2.75) is 25.8 Å². The van der Waals surface area contributed by atoms with E-state index in [1.165, 1.54) is 0 Å². The first-order valence-corrected chi connectivity index (χ1v) is 6.55. The van der Waals surface area contributed by atoms with Gasteiger partial charge in [0, 0.05) is 11.9 Å². The summed E-state index contributed by atoms with van der Waals surface area (Å²) in [5, 5.41) is 15.0. The van der Waals surface area contributed by atoms with Gasteiger partial charge in [-0.1, -0.05) is 30.2 Å². The predicted octanol–water partition coefficient (Wildman–Crippen LogP) is 2.48. The third-order valence-electron chi connectivity index (χ3n) is 2.75. The van der Waals surface area contributed by atoms with Crippen LogP contribution in [0.25, 0.3) is 5.69 Å². The largest absolute Gasteiger partial charge is 0.350 e. The lowest BCUT2D eigenvalue weighted by Gasteiger charge is -2.15.